The van der Waals surface area contributed by atoms with E-state index in [-0.39, 0.29) is 10.6 Å². The second-order valence-corrected chi connectivity index (χ2v) is 4.87. The van der Waals surface area contributed by atoms with Crippen LogP contribution in [0, 0.1) is 0 Å². The highest BCUT2D eigenvalue weighted by molar-refractivity contribution is 6.32. The summed E-state index contributed by atoms with van der Waals surface area (Å²) in [6.07, 6.45) is 3.16. The maximum Gasteiger partial charge on any atom is 0.325 e. The van der Waals surface area contributed by atoms with E-state index in [1.54, 1.807) is 30.6 Å². The van der Waals surface area contributed by atoms with Crippen LogP contribution in [-0.4, -0.2) is 28.0 Å². The highest BCUT2D eigenvalue weighted by Gasteiger charge is 2.16. The van der Waals surface area contributed by atoms with E-state index in [1.807, 2.05) is 0 Å². The van der Waals surface area contributed by atoms with E-state index >= 15 is 0 Å². The van der Waals surface area contributed by atoms with Gasteiger partial charge in [0.05, 0.1) is 5.02 Å². The van der Waals surface area contributed by atoms with Crippen LogP contribution in [0.2, 0.25) is 5.02 Å². The smallest absolute Gasteiger partial charge is 0.325 e. The summed E-state index contributed by atoms with van der Waals surface area (Å²) >= 11 is 6.09. The number of aromatic nitrogens is 1. The van der Waals surface area contributed by atoms with Crippen LogP contribution in [0.4, 0.5) is 0 Å². The van der Waals surface area contributed by atoms with Gasteiger partial charge in [0.25, 0.3) is 5.91 Å². The Bertz CT molecular complexity index is 691. The Balaban J connectivity index is 2.12. The van der Waals surface area contributed by atoms with Gasteiger partial charge in [-0.2, -0.15) is 0 Å². The fourth-order valence-corrected chi connectivity index (χ4v) is 1.82. The first-order valence-corrected chi connectivity index (χ1v) is 6.76. The molecule has 0 bridgehead atoms. The van der Waals surface area contributed by atoms with E-state index in [9.17, 15) is 9.59 Å². The van der Waals surface area contributed by atoms with Crippen molar-refractivity contribution in [1.29, 1.82) is 0 Å². The number of carboxylic acids is 1. The molecule has 0 unspecified atom stereocenters. The normalized spacial score (nSPS) is 11.5. The third-order valence-electron chi connectivity index (χ3n) is 2.79. The van der Waals surface area contributed by atoms with Crippen molar-refractivity contribution >= 4 is 23.5 Å². The maximum absolute atomic E-state index is 11.9. The Hall–Kier alpha value is -2.60. The lowest BCUT2D eigenvalue weighted by molar-refractivity contribution is -0.138. The number of hydrogen-bond acceptors (Lipinski definition) is 4. The molecule has 0 aliphatic rings. The summed E-state index contributed by atoms with van der Waals surface area (Å²) in [4.78, 5) is 26.5. The van der Waals surface area contributed by atoms with Crippen LogP contribution >= 0.6 is 11.6 Å². The minimum Gasteiger partial charge on any atom is -0.480 e. The van der Waals surface area contributed by atoms with Crippen molar-refractivity contribution in [1.82, 2.24) is 10.3 Å². The number of carbonyl (C=O) groups is 2. The largest absolute Gasteiger partial charge is 0.480 e. The Morgan fingerprint density at radius 2 is 1.95 bits per heavy atom. The predicted octanol–water partition coefficient (Wildman–Crippen LogP) is 2.73. The van der Waals surface area contributed by atoms with Gasteiger partial charge >= 0.3 is 5.97 Å². The average Bonchev–Trinajstić information content (AvgIpc) is 2.50. The molecule has 7 heteroatoms. The number of hydrogen-bond donors (Lipinski definition) is 2. The lowest BCUT2D eigenvalue weighted by atomic mass is 10.2. The molecule has 2 rings (SSSR count). The number of nitrogens with one attached hydrogen (secondary N) is 1. The van der Waals surface area contributed by atoms with Crippen LogP contribution in [0.25, 0.3) is 0 Å². The summed E-state index contributed by atoms with van der Waals surface area (Å²) in [5.41, 5.74) is 0.250. The molecule has 1 aromatic carbocycles. The van der Waals surface area contributed by atoms with Crippen molar-refractivity contribution in [3.8, 4) is 11.5 Å². The summed E-state index contributed by atoms with van der Waals surface area (Å²) in [7, 11) is 0. The predicted molar refractivity (Wildman–Crippen MR) is 80.3 cm³/mol. The highest BCUT2D eigenvalue weighted by atomic mass is 35.5. The molecule has 0 fully saturated rings. The van der Waals surface area contributed by atoms with Crippen molar-refractivity contribution in [2.45, 2.75) is 13.0 Å². The number of ether oxygens (including phenoxy) is 1. The number of carboxylic acid groups (broad SMARTS) is 1. The Morgan fingerprint density at radius 3 is 2.55 bits per heavy atom. The topological polar surface area (TPSA) is 88.5 Å². The van der Waals surface area contributed by atoms with Gasteiger partial charge in [-0.25, -0.2) is 0 Å². The molecule has 22 heavy (non-hydrogen) atoms. The van der Waals surface area contributed by atoms with E-state index in [2.05, 4.69) is 10.3 Å². The molecule has 1 aromatic heterocycles. The molecule has 1 heterocycles. The minimum atomic E-state index is -1.11. The number of carbonyl (C=O) groups excluding carboxylic acids is 1. The maximum atomic E-state index is 11.9. The second kappa shape index (κ2) is 6.91. The van der Waals surface area contributed by atoms with E-state index < -0.39 is 17.9 Å². The summed E-state index contributed by atoms with van der Waals surface area (Å²) in [5.74, 6) is -0.686. The van der Waals surface area contributed by atoms with Crippen LogP contribution in [0.15, 0.2) is 42.7 Å². The molecule has 1 amide bonds. The van der Waals surface area contributed by atoms with Crippen molar-refractivity contribution < 1.29 is 19.4 Å². The standard InChI is InChI=1S/C15H13ClN2O4/c1-9(15(20)21)18-14(19)10-2-3-13(12(16)8-10)22-11-4-6-17-7-5-11/h2-9H,1H3,(H,18,19)(H,20,21)/t9-/m1/s1. The van der Waals surface area contributed by atoms with Crippen LogP contribution in [0.1, 0.15) is 17.3 Å². The van der Waals surface area contributed by atoms with Crippen LogP contribution < -0.4 is 10.1 Å². The number of nitrogens with zero attached hydrogens (tertiary/aromatic N) is 1. The number of aliphatic carboxylic acids is 1. The Kier molecular flexibility index (Phi) is 4.95. The zero-order valence-electron chi connectivity index (χ0n) is 11.6. The molecule has 0 saturated carbocycles. The van der Waals surface area contributed by atoms with Gasteiger partial charge in [0.15, 0.2) is 0 Å². The third kappa shape index (κ3) is 3.95. The van der Waals surface area contributed by atoms with E-state index in [4.69, 9.17) is 21.4 Å². The number of rotatable bonds is 5. The molecule has 1 atom stereocenters. The van der Waals surface area contributed by atoms with Crippen LogP contribution in [0.3, 0.4) is 0 Å². The third-order valence-corrected chi connectivity index (χ3v) is 3.09. The first-order chi connectivity index (χ1) is 10.5. The fraction of sp³-hybridized carbons (Fsp3) is 0.133. The van der Waals surface area contributed by atoms with Gasteiger partial charge in [0.1, 0.15) is 17.5 Å². The zero-order valence-corrected chi connectivity index (χ0v) is 12.4. The van der Waals surface area contributed by atoms with Gasteiger partial charge in [-0.3, -0.25) is 14.6 Å². The van der Waals surface area contributed by atoms with E-state index in [0.29, 0.717) is 11.5 Å². The van der Waals surface area contributed by atoms with Gasteiger partial charge in [0.2, 0.25) is 0 Å². The monoisotopic (exact) mass is 320 g/mol. The molecular formula is C15H13ClN2O4. The summed E-state index contributed by atoms with van der Waals surface area (Å²) in [5, 5.41) is 11.4. The van der Waals surface area contributed by atoms with Crippen molar-refractivity contribution in [2.24, 2.45) is 0 Å². The molecule has 0 radical (unpaired) electrons. The van der Waals surface area contributed by atoms with Crippen LogP contribution in [-0.2, 0) is 4.79 Å². The molecule has 114 valence electrons. The molecule has 0 spiro atoms. The van der Waals surface area contributed by atoms with Crippen molar-refractivity contribution in [3.05, 3.63) is 53.3 Å². The molecule has 0 saturated heterocycles. The van der Waals surface area contributed by atoms with Gasteiger partial charge < -0.3 is 15.2 Å². The lowest BCUT2D eigenvalue weighted by Gasteiger charge is -2.11. The lowest BCUT2D eigenvalue weighted by Crippen LogP contribution is -2.38. The summed E-state index contributed by atoms with van der Waals surface area (Å²) < 4.78 is 5.57. The number of amides is 1. The van der Waals surface area contributed by atoms with Gasteiger partial charge in [-0.1, -0.05) is 11.6 Å². The summed E-state index contributed by atoms with van der Waals surface area (Å²) in [6.45, 7) is 1.38. The van der Waals surface area contributed by atoms with Crippen LogP contribution in [0.5, 0.6) is 11.5 Å². The second-order valence-electron chi connectivity index (χ2n) is 4.46. The van der Waals surface area contributed by atoms with Gasteiger partial charge in [-0.15, -0.1) is 0 Å². The quantitative estimate of drug-likeness (QED) is 0.884. The molecular weight excluding hydrogens is 308 g/mol. The first-order valence-electron chi connectivity index (χ1n) is 6.38. The SMILES string of the molecule is C[C@@H](NC(=O)c1ccc(Oc2ccncc2)c(Cl)c1)C(=O)O. The Labute approximate surface area is 131 Å². The van der Waals surface area contributed by atoms with Gasteiger partial charge in [-0.05, 0) is 37.3 Å². The molecule has 6 nitrogen and oxygen atoms in total. The number of pyridine rings is 1. The molecule has 0 aliphatic carbocycles. The Morgan fingerprint density at radius 1 is 1.27 bits per heavy atom. The van der Waals surface area contributed by atoms with Crippen molar-refractivity contribution in [3.63, 3.8) is 0 Å². The van der Waals surface area contributed by atoms with E-state index in [0.717, 1.165) is 0 Å². The van der Waals surface area contributed by atoms with Gasteiger partial charge in [0, 0.05) is 18.0 Å². The number of halogens is 1. The van der Waals surface area contributed by atoms with Crippen molar-refractivity contribution in [2.75, 3.05) is 0 Å². The molecule has 2 N–H and O–H groups in total. The molecule has 2 aromatic rings. The molecule has 0 aliphatic heterocycles. The first kappa shape index (κ1) is 15.8. The summed E-state index contributed by atoms with van der Waals surface area (Å²) in [6, 6.07) is 6.83. The zero-order chi connectivity index (χ0) is 16.1. The minimum absolute atomic E-state index is 0.243. The fourth-order valence-electron chi connectivity index (χ4n) is 1.60. The van der Waals surface area contributed by atoms with E-state index in [1.165, 1.54) is 19.1 Å². The highest BCUT2D eigenvalue weighted by Crippen LogP contribution is 2.29. The number of benzene rings is 1. The average molecular weight is 321 g/mol.